The molecule has 2 aromatic carbocycles. The largest absolute Gasteiger partial charge is 0.490 e. The minimum absolute atomic E-state index is 0.0234. The number of aromatic nitrogens is 1. The van der Waals surface area contributed by atoms with Crippen molar-refractivity contribution in [2.45, 2.75) is 6.42 Å². The van der Waals surface area contributed by atoms with Crippen molar-refractivity contribution in [2.24, 2.45) is 7.05 Å². The number of ether oxygens (including phenoxy) is 1. The summed E-state index contributed by atoms with van der Waals surface area (Å²) in [5.74, 6) is 0.695. The van der Waals surface area contributed by atoms with Crippen LogP contribution in [0.3, 0.4) is 0 Å². The van der Waals surface area contributed by atoms with Gasteiger partial charge in [-0.3, -0.25) is 4.79 Å². The number of nitrogens with one attached hydrogen (secondary N) is 1. The Morgan fingerprint density at radius 3 is 2.96 bits per heavy atom. The van der Waals surface area contributed by atoms with Crippen LogP contribution in [-0.2, 0) is 11.8 Å². The Hall–Kier alpha value is -2.46. The number of para-hydroxylation sites is 1. The van der Waals surface area contributed by atoms with E-state index in [2.05, 4.69) is 16.0 Å². The summed E-state index contributed by atoms with van der Waals surface area (Å²) >= 11 is 6.11. The van der Waals surface area contributed by atoms with Gasteiger partial charge in [0.1, 0.15) is 0 Å². The lowest BCUT2D eigenvalue weighted by Crippen LogP contribution is -2.10. The maximum atomic E-state index is 11.7. The van der Waals surface area contributed by atoms with E-state index in [-0.39, 0.29) is 5.91 Å². The Bertz CT molecular complexity index is 930. The molecule has 23 heavy (non-hydrogen) atoms. The molecule has 0 saturated carbocycles. The molecule has 1 aromatic heterocycles. The van der Waals surface area contributed by atoms with Gasteiger partial charge in [0.05, 0.1) is 24.4 Å². The maximum Gasteiger partial charge on any atom is 0.227 e. The minimum atomic E-state index is -0.0234. The third kappa shape index (κ3) is 2.35. The summed E-state index contributed by atoms with van der Waals surface area (Å²) in [5, 5.41) is 4.72. The number of nitrogens with zero attached hydrogens (tertiary/aromatic N) is 1. The average molecular weight is 327 g/mol. The molecule has 0 atom stereocenters. The number of fused-ring (bicyclic) bond motifs is 2. The van der Waals surface area contributed by atoms with Crippen LogP contribution in [0.5, 0.6) is 5.75 Å². The van der Waals surface area contributed by atoms with Crippen LogP contribution >= 0.6 is 11.6 Å². The molecule has 4 nitrogen and oxygen atoms in total. The number of anilines is 1. The highest BCUT2D eigenvalue weighted by Crippen LogP contribution is 2.40. The molecule has 1 amide bonds. The van der Waals surface area contributed by atoms with Crippen LogP contribution in [0.25, 0.3) is 22.2 Å². The molecule has 0 fully saturated rings. The van der Waals surface area contributed by atoms with E-state index in [9.17, 15) is 4.79 Å². The fourth-order valence-electron chi connectivity index (χ4n) is 3.01. The quantitative estimate of drug-likeness (QED) is 0.727. The lowest BCUT2D eigenvalue weighted by atomic mass is 10.1. The number of amides is 1. The number of halogens is 1. The highest BCUT2D eigenvalue weighted by atomic mass is 35.5. The second-order valence-electron chi connectivity index (χ2n) is 5.62. The third-order valence-corrected chi connectivity index (χ3v) is 4.38. The Kier molecular flexibility index (Phi) is 3.27. The van der Waals surface area contributed by atoms with Crippen LogP contribution < -0.4 is 10.1 Å². The molecular weight excluding hydrogens is 312 g/mol. The van der Waals surface area contributed by atoms with Crippen molar-refractivity contribution >= 4 is 34.1 Å². The first-order valence-corrected chi connectivity index (χ1v) is 7.82. The summed E-state index contributed by atoms with van der Waals surface area (Å²) in [5.41, 5.74) is 3.76. The first-order valence-electron chi connectivity index (χ1n) is 7.44. The first kappa shape index (κ1) is 14.2. The van der Waals surface area contributed by atoms with Gasteiger partial charge in [-0.25, -0.2) is 0 Å². The van der Waals surface area contributed by atoms with Crippen molar-refractivity contribution in [1.82, 2.24) is 4.57 Å². The highest BCUT2D eigenvalue weighted by Gasteiger charge is 2.20. The van der Waals surface area contributed by atoms with Gasteiger partial charge in [0.25, 0.3) is 0 Å². The van der Waals surface area contributed by atoms with Gasteiger partial charge in [-0.2, -0.15) is 0 Å². The summed E-state index contributed by atoms with van der Waals surface area (Å²) in [6, 6.07) is 13.7. The van der Waals surface area contributed by atoms with E-state index < -0.39 is 0 Å². The van der Waals surface area contributed by atoms with Gasteiger partial charge >= 0.3 is 0 Å². The van der Waals surface area contributed by atoms with Gasteiger partial charge in [0.15, 0.2) is 5.75 Å². The van der Waals surface area contributed by atoms with Gasteiger partial charge in [0, 0.05) is 28.5 Å². The van der Waals surface area contributed by atoms with E-state index in [0.717, 1.165) is 27.9 Å². The van der Waals surface area contributed by atoms with Crippen LogP contribution in [0, 0.1) is 0 Å². The molecule has 116 valence electrons. The summed E-state index contributed by atoms with van der Waals surface area (Å²) in [6.45, 7) is 0.381. The fourth-order valence-corrected chi connectivity index (χ4v) is 3.18. The number of aryl methyl sites for hydroxylation is 1. The summed E-state index contributed by atoms with van der Waals surface area (Å²) in [4.78, 5) is 11.7. The Morgan fingerprint density at radius 2 is 2.09 bits per heavy atom. The van der Waals surface area contributed by atoms with Crippen molar-refractivity contribution in [3.8, 4) is 17.0 Å². The molecule has 5 heteroatoms. The second-order valence-corrected chi connectivity index (χ2v) is 6.06. The summed E-state index contributed by atoms with van der Waals surface area (Å²) < 4.78 is 7.95. The van der Waals surface area contributed by atoms with E-state index in [0.29, 0.717) is 23.7 Å². The number of carbonyl (C=O) groups excluding carboxylic acids is 1. The maximum absolute atomic E-state index is 11.7. The zero-order valence-corrected chi connectivity index (χ0v) is 13.4. The molecular formula is C18H15ClN2O2. The zero-order chi connectivity index (χ0) is 16.0. The van der Waals surface area contributed by atoms with Crippen LogP contribution in [-0.4, -0.2) is 17.1 Å². The van der Waals surface area contributed by atoms with Crippen molar-refractivity contribution < 1.29 is 9.53 Å². The van der Waals surface area contributed by atoms with Crippen molar-refractivity contribution in [3.05, 3.63) is 47.5 Å². The van der Waals surface area contributed by atoms with Crippen molar-refractivity contribution in [1.29, 1.82) is 0 Å². The zero-order valence-electron chi connectivity index (χ0n) is 12.6. The van der Waals surface area contributed by atoms with Gasteiger partial charge in [-0.15, -0.1) is 0 Å². The monoisotopic (exact) mass is 326 g/mol. The molecule has 2 heterocycles. The first-order chi connectivity index (χ1) is 11.1. The molecule has 0 spiro atoms. The molecule has 0 saturated heterocycles. The predicted octanol–water partition coefficient (Wildman–Crippen LogP) is 4.22. The minimum Gasteiger partial charge on any atom is -0.490 e. The lowest BCUT2D eigenvalue weighted by molar-refractivity contribution is -0.116. The van der Waals surface area contributed by atoms with Gasteiger partial charge in [-0.1, -0.05) is 23.7 Å². The molecule has 1 aliphatic heterocycles. The number of hydrogen-bond donors (Lipinski definition) is 1. The predicted molar refractivity (Wildman–Crippen MR) is 92.1 cm³/mol. The molecule has 0 unspecified atom stereocenters. The van der Waals surface area contributed by atoms with E-state index in [1.54, 1.807) is 0 Å². The number of rotatable bonds is 1. The van der Waals surface area contributed by atoms with Crippen molar-refractivity contribution in [3.63, 3.8) is 0 Å². The van der Waals surface area contributed by atoms with E-state index >= 15 is 0 Å². The average Bonchev–Trinajstić information content (AvgIpc) is 2.73. The van der Waals surface area contributed by atoms with Crippen LogP contribution in [0.15, 0.2) is 42.5 Å². The van der Waals surface area contributed by atoms with Crippen LogP contribution in [0.4, 0.5) is 5.69 Å². The Morgan fingerprint density at radius 1 is 1.22 bits per heavy atom. The van der Waals surface area contributed by atoms with Gasteiger partial charge in [0.2, 0.25) is 5.91 Å². The standard InChI is InChI=1S/C18H15ClN2O2/c1-21-15-10-12(19)6-5-11(15)9-16(21)13-3-2-4-14-18(13)23-8-7-17(22)20-14/h2-6,9-10H,7-8H2,1H3,(H,20,22). The molecule has 0 bridgehead atoms. The molecule has 1 N–H and O–H groups in total. The number of hydrogen-bond acceptors (Lipinski definition) is 2. The molecule has 0 aliphatic carbocycles. The van der Waals surface area contributed by atoms with Crippen LogP contribution in [0.2, 0.25) is 5.02 Å². The van der Waals surface area contributed by atoms with Crippen LogP contribution in [0.1, 0.15) is 6.42 Å². The molecule has 0 radical (unpaired) electrons. The second kappa shape index (κ2) is 5.32. The molecule has 1 aliphatic rings. The number of carbonyl (C=O) groups is 1. The van der Waals surface area contributed by atoms with Gasteiger partial charge in [-0.05, 0) is 30.3 Å². The SMILES string of the molecule is Cn1c(-c2cccc3c2OCCC(=O)N3)cc2ccc(Cl)cc21. The Labute approximate surface area is 138 Å². The number of benzene rings is 2. The van der Waals surface area contributed by atoms with Gasteiger partial charge < -0.3 is 14.6 Å². The Balaban J connectivity index is 1.93. The van der Waals surface area contributed by atoms with E-state index in [4.69, 9.17) is 16.3 Å². The van der Waals surface area contributed by atoms with Crippen molar-refractivity contribution in [2.75, 3.05) is 11.9 Å². The lowest BCUT2D eigenvalue weighted by Gasteiger charge is -2.13. The molecule has 3 aromatic rings. The smallest absolute Gasteiger partial charge is 0.227 e. The molecule has 4 rings (SSSR count). The topological polar surface area (TPSA) is 43.3 Å². The fraction of sp³-hybridized carbons (Fsp3) is 0.167. The van der Waals surface area contributed by atoms with E-state index in [1.165, 1.54) is 0 Å². The normalized spacial score (nSPS) is 14.1. The van der Waals surface area contributed by atoms with E-state index in [1.807, 2.05) is 43.4 Å². The third-order valence-electron chi connectivity index (χ3n) is 4.15. The summed E-state index contributed by atoms with van der Waals surface area (Å²) in [6.07, 6.45) is 0.360. The summed E-state index contributed by atoms with van der Waals surface area (Å²) in [7, 11) is 2.00. The highest BCUT2D eigenvalue weighted by molar-refractivity contribution is 6.31.